The Kier molecular flexibility index (Phi) is 8.93. The topological polar surface area (TPSA) is 76.4 Å². The molecule has 2 heterocycles. The zero-order valence-electron chi connectivity index (χ0n) is 19.6. The van der Waals surface area contributed by atoms with E-state index in [4.69, 9.17) is 9.73 Å². The number of ether oxygens (including phenoxy) is 1. The molecule has 2 aliphatic rings. The number of aliphatic imine (C=N–C) groups is 1. The van der Waals surface area contributed by atoms with E-state index in [9.17, 15) is 0 Å². The summed E-state index contributed by atoms with van der Waals surface area (Å²) in [6.45, 7) is 7.24. The van der Waals surface area contributed by atoms with Crippen molar-refractivity contribution in [3.8, 4) is 0 Å². The molecule has 176 valence electrons. The van der Waals surface area contributed by atoms with Crippen molar-refractivity contribution in [2.75, 3.05) is 20.2 Å². The first-order chi connectivity index (χ1) is 15.1. The van der Waals surface area contributed by atoms with Crippen molar-refractivity contribution >= 4 is 29.9 Å². The summed E-state index contributed by atoms with van der Waals surface area (Å²) < 4.78 is 7.20. The highest BCUT2D eigenvalue weighted by molar-refractivity contribution is 14.0. The molecule has 1 aliphatic carbocycles. The number of guanidine groups is 1. The van der Waals surface area contributed by atoms with E-state index in [0.29, 0.717) is 12.6 Å². The quantitative estimate of drug-likeness (QED) is 0.311. The predicted molar refractivity (Wildman–Crippen MR) is 139 cm³/mol. The number of fused-ring (bicyclic) bond motifs is 1. The van der Waals surface area contributed by atoms with Gasteiger partial charge in [-0.05, 0) is 38.7 Å². The Morgan fingerprint density at radius 3 is 2.84 bits per heavy atom. The Labute approximate surface area is 208 Å². The number of nitrogens with zero attached hydrogens (tertiary/aromatic N) is 4. The Morgan fingerprint density at radius 1 is 1.31 bits per heavy atom. The number of aryl methyl sites for hydroxylation is 2. The van der Waals surface area contributed by atoms with Crippen molar-refractivity contribution in [1.29, 1.82) is 0 Å². The van der Waals surface area contributed by atoms with Crippen LogP contribution in [0.5, 0.6) is 0 Å². The van der Waals surface area contributed by atoms with Gasteiger partial charge in [0.2, 0.25) is 0 Å². The molecule has 4 rings (SSSR count). The maximum atomic E-state index is 5.18. The van der Waals surface area contributed by atoms with Crippen molar-refractivity contribution in [3.05, 3.63) is 47.0 Å². The Hall–Kier alpha value is -1.68. The second-order valence-corrected chi connectivity index (χ2v) is 8.99. The van der Waals surface area contributed by atoms with Gasteiger partial charge >= 0.3 is 0 Å². The largest absolute Gasteiger partial charge is 0.377 e. The summed E-state index contributed by atoms with van der Waals surface area (Å²) in [4.78, 5) is 9.67. The zero-order chi connectivity index (χ0) is 21.7. The molecule has 2 N–H and O–H groups in total. The summed E-state index contributed by atoms with van der Waals surface area (Å²) in [5.74, 6) is 2.73. The number of rotatable bonds is 7. The molecule has 1 unspecified atom stereocenters. The molecule has 2 aromatic rings. The molecule has 0 spiro atoms. The van der Waals surface area contributed by atoms with Crippen LogP contribution in [0.2, 0.25) is 0 Å². The van der Waals surface area contributed by atoms with Crippen LogP contribution in [-0.2, 0) is 29.7 Å². The minimum absolute atomic E-state index is 0. The first-order valence-electron chi connectivity index (χ1n) is 11.7. The number of halogens is 1. The van der Waals surface area contributed by atoms with Gasteiger partial charge in [0.15, 0.2) is 11.8 Å². The van der Waals surface area contributed by atoms with Gasteiger partial charge < -0.3 is 15.4 Å². The third-order valence-electron chi connectivity index (χ3n) is 6.59. The third-order valence-corrected chi connectivity index (χ3v) is 6.59. The highest BCUT2D eigenvalue weighted by atomic mass is 127. The van der Waals surface area contributed by atoms with E-state index in [0.717, 1.165) is 50.1 Å². The molecule has 0 saturated heterocycles. The van der Waals surface area contributed by atoms with E-state index in [1.807, 2.05) is 4.68 Å². The minimum Gasteiger partial charge on any atom is -0.377 e. The lowest BCUT2D eigenvalue weighted by molar-refractivity contribution is 0.177. The van der Waals surface area contributed by atoms with Gasteiger partial charge in [0.25, 0.3) is 0 Å². The number of methoxy groups -OCH3 is 1. The van der Waals surface area contributed by atoms with E-state index >= 15 is 0 Å². The summed E-state index contributed by atoms with van der Waals surface area (Å²) in [7, 11) is 1.68. The normalized spacial score (nSPS) is 19.8. The van der Waals surface area contributed by atoms with E-state index in [2.05, 4.69) is 58.8 Å². The minimum atomic E-state index is 0. The first kappa shape index (κ1) is 25.0. The van der Waals surface area contributed by atoms with E-state index in [-0.39, 0.29) is 29.4 Å². The molecule has 0 amide bonds. The van der Waals surface area contributed by atoms with Crippen molar-refractivity contribution in [3.63, 3.8) is 0 Å². The van der Waals surface area contributed by atoms with Gasteiger partial charge in [-0.15, -0.1) is 24.0 Å². The molecule has 1 saturated carbocycles. The third kappa shape index (κ3) is 5.81. The molecule has 1 aromatic heterocycles. The number of hydrogen-bond donors (Lipinski definition) is 2. The molecule has 0 bridgehead atoms. The standard InChI is InChI=1S/C24H36N6O.HI/c1-4-25-23(27-20-10-11-22-28-21(16-31-3)29-30(22)15-20)26-17-24(12-5-6-13-24)19-9-7-8-18(2)14-19;/h7-9,14,20H,4-6,10-13,15-17H2,1-3H3,(H2,25,26,27);1H. The molecule has 7 nitrogen and oxygen atoms in total. The molecular weight excluding hydrogens is 515 g/mol. The zero-order valence-corrected chi connectivity index (χ0v) is 21.9. The van der Waals surface area contributed by atoms with Gasteiger partial charge in [-0.2, -0.15) is 5.10 Å². The van der Waals surface area contributed by atoms with Crippen LogP contribution < -0.4 is 10.6 Å². The van der Waals surface area contributed by atoms with Crippen LogP contribution in [-0.4, -0.2) is 47.0 Å². The molecule has 0 radical (unpaired) electrons. The fraction of sp³-hybridized carbons (Fsp3) is 0.625. The summed E-state index contributed by atoms with van der Waals surface area (Å²) in [6.07, 6.45) is 6.95. The highest BCUT2D eigenvalue weighted by Crippen LogP contribution is 2.41. The first-order valence-corrected chi connectivity index (χ1v) is 11.7. The molecule has 1 aromatic carbocycles. The van der Waals surface area contributed by atoms with Gasteiger partial charge in [-0.1, -0.05) is 42.7 Å². The number of benzene rings is 1. The Balaban J connectivity index is 0.00000289. The highest BCUT2D eigenvalue weighted by Gasteiger charge is 2.35. The summed E-state index contributed by atoms with van der Waals surface area (Å²) >= 11 is 0. The van der Waals surface area contributed by atoms with Crippen molar-refractivity contribution < 1.29 is 4.74 Å². The van der Waals surface area contributed by atoms with Gasteiger partial charge in [0, 0.05) is 31.5 Å². The smallest absolute Gasteiger partial charge is 0.191 e. The lowest BCUT2D eigenvalue weighted by Gasteiger charge is -2.30. The Bertz CT molecular complexity index is 906. The van der Waals surface area contributed by atoms with Crippen molar-refractivity contribution in [2.45, 2.75) is 77.0 Å². The maximum Gasteiger partial charge on any atom is 0.191 e. The van der Waals surface area contributed by atoms with Gasteiger partial charge in [-0.25, -0.2) is 9.67 Å². The van der Waals surface area contributed by atoms with Gasteiger partial charge in [-0.3, -0.25) is 4.99 Å². The monoisotopic (exact) mass is 552 g/mol. The lowest BCUT2D eigenvalue weighted by Crippen LogP contribution is -2.47. The maximum absolute atomic E-state index is 5.18. The summed E-state index contributed by atoms with van der Waals surface area (Å²) in [6, 6.07) is 9.31. The van der Waals surface area contributed by atoms with Crippen LogP contribution >= 0.6 is 24.0 Å². The SMILES string of the molecule is CCNC(=NCC1(c2cccc(C)c2)CCCC1)NC1CCc2nc(COC)nn2C1.I. The van der Waals surface area contributed by atoms with Crippen molar-refractivity contribution in [2.24, 2.45) is 4.99 Å². The Morgan fingerprint density at radius 2 is 2.12 bits per heavy atom. The fourth-order valence-corrected chi connectivity index (χ4v) is 4.98. The van der Waals surface area contributed by atoms with E-state index in [1.165, 1.54) is 36.8 Å². The van der Waals surface area contributed by atoms with E-state index in [1.54, 1.807) is 7.11 Å². The molecule has 32 heavy (non-hydrogen) atoms. The molecule has 1 atom stereocenters. The van der Waals surface area contributed by atoms with Crippen molar-refractivity contribution in [1.82, 2.24) is 25.4 Å². The van der Waals surface area contributed by atoms with Crippen LogP contribution in [0, 0.1) is 6.92 Å². The second kappa shape index (κ2) is 11.4. The molecular formula is C24H37IN6O. The van der Waals surface area contributed by atoms with Gasteiger partial charge in [0.1, 0.15) is 12.4 Å². The number of aromatic nitrogens is 3. The van der Waals surface area contributed by atoms with E-state index < -0.39 is 0 Å². The molecule has 8 heteroatoms. The second-order valence-electron chi connectivity index (χ2n) is 8.99. The van der Waals surface area contributed by atoms with Crippen LogP contribution in [0.3, 0.4) is 0 Å². The predicted octanol–water partition coefficient (Wildman–Crippen LogP) is 3.73. The summed E-state index contributed by atoms with van der Waals surface area (Å²) in [5, 5.41) is 11.7. The lowest BCUT2D eigenvalue weighted by atomic mass is 9.78. The molecule has 1 fully saturated rings. The van der Waals surface area contributed by atoms with Crippen LogP contribution in [0.4, 0.5) is 0 Å². The summed E-state index contributed by atoms with van der Waals surface area (Å²) in [5.41, 5.74) is 2.94. The molecule has 1 aliphatic heterocycles. The van der Waals surface area contributed by atoms with Gasteiger partial charge in [0.05, 0.1) is 13.1 Å². The van der Waals surface area contributed by atoms with Crippen LogP contribution in [0.25, 0.3) is 0 Å². The average Bonchev–Trinajstić information content (AvgIpc) is 3.40. The van der Waals surface area contributed by atoms with Crippen LogP contribution in [0.15, 0.2) is 29.3 Å². The fourth-order valence-electron chi connectivity index (χ4n) is 4.98. The number of hydrogen-bond acceptors (Lipinski definition) is 4. The average molecular weight is 553 g/mol. The van der Waals surface area contributed by atoms with Crippen LogP contribution in [0.1, 0.15) is 61.8 Å². The number of nitrogens with one attached hydrogen (secondary N) is 2.